The van der Waals surface area contributed by atoms with Gasteiger partial charge < -0.3 is 20.1 Å². The third kappa shape index (κ3) is 0.988. The highest BCUT2D eigenvalue weighted by Gasteiger charge is 2.24. The summed E-state index contributed by atoms with van der Waals surface area (Å²) in [5.41, 5.74) is 0. The predicted molar refractivity (Wildman–Crippen MR) is 29.1 cm³/mol. The molecule has 0 bridgehead atoms. The van der Waals surface area contributed by atoms with Gasteiger partial charge in [-0.2, -0.15) is 0 Å². The third-order valence-electron chi connectivity index (χ3n) is 1.19. The van der Waals surface area contributed by atoms with Crippen LogP contribution in [0.4, 0.5) is 0 Å². The zero-order valence-corrected chi connectivity index (χ0v) is 4.74. The molecule has 1 atom stereocenters. The van der Waals surface area contributed by atoms with E-state index in [0.29, 0.717) is 0 Å². The average Bonchev–Trinajstić information content (AvgIpc) is 2.15. The van der Waals surface area contributed by atoms with Gasteiger partial charge in [-0.25, -0.2) is 0 Å². The number of aliphatic hydroxyl groups is 3. The number of ether oxygens (including phenoxy) is 1. The summed E-state index contributed by atoms with van der Waals surface area (Å²) in [4.78, 5) is 0. The lowest BCUT2D eigenvalue weighted by molar-refractivity contribution is 0.0452. The summed E-state index contributed by atoms with van der Waals surface area (Å²) in [6.45, 7) is -0.299. The second-order valence-corrected chi connectivity index (χ2v) is 1.81. The maximum absolute atomic E-state index is 8.80. The summed E-state index contributed by atoms with van der Waals surface area (Å²) < 4.78 is 4.70. The topological polar surface area (TPSA) is 69.9 Å². The minimum absolute atomic E-state index is 0.00292. The van der Waals surface area contributed by atoms with E-state index in [1.165, 1.54) is 0 Å². The molecule has 0 saturated carbocycles. The monoisotopic (exact) mass is 132 g/mol. The van der Waals surface area contributed by atoms with Crippen LogP contribution in [0.15, 0.2) is 11.5 Å². The van der Waals surface area contributed by atoms with Crippen molar-refractivity contribution in [1.82, 2.24) is 0 Å². The molecule has 0 aromatic carbocycles. The van der Waals surface area contributed by atoms with E-state index < -0.39 is 6.10 Å². The number of hydrogen-bond donors (Lipinski definition) is 3. The zero-order valence-electron chi connectivity index (χ0n) is 4.74. The fourth-order valence-electron chi connectivity index (χ4n) is 0.657. The summed E-state index contributed by atoms with van der Waals surface area (Å²) in [5.74, 6) is -0.438. The van der Waals surface area contributed by atoms with Crippen LogP contribution in [0, 0.1) is 0 Å². The Hall–Kier alpha value is -0.740. The summed E-state index contributed by atoms with van der Waals surface area (Å²) in [7, 11) is 0. The van der Waals surface area contributed by atoms with Gasteiger partial charge in [0.05, 0.1) is 6.61 Å². The summed E-state index contributed by atoms with van der Waals surface area (Å²) in [6.07, 6.45) is -0.718. The average molecular weight is 132 g/mol. The molecule has 0 radical (unpaired) electrons. The Morgan fingerprint density at radius 3 is 2.44 bits per heavy atom. The van der Waals surface area contributed by atoms with Gasteiger partial charge >= 0.3 is 0 Å². The van der Waals surface area contributed by atoms with Crippen molar-refractivity contribution in [2.45, 2.75) is 6.10 Å². The lowest BCUT2D eigenvalue weighted by Gasteiger charge is -2.03. The first-order valence-electron chi connectivity index (χ1n) is 2.59. The first kappa shape index (κ1) is 6.38. The van der Waals surface area contributed by atoms with Crippen molar-refractivity contribution in [3.63, 3.8) is 0 Å². The molecule has 4 heteroatoms. The molecule has 52 valence electrons. The molecule has 0 fully saturated rings. The zero-order chi connectivity index (χ0) is 6.85. The van der Waals surface area contributed by atoms with E-state index in [9.17, 15) is 0 Å². The highest BCUT2D eigenvalue weighted by molar-refractivity contribution is 5.09. The molecule has 4 nitrogen and oxygen atoms in total. The summed E-state index contributed by atoms with van der Waals surface area (Å²) >= 11 is 0. The number of aliphatic hydroxyl groups excluding tert-OH is 3. The molecular formula is C5H8O4. The van der Waals surface area contributed by atoms with Crippen LogP contribution in [-0.2, 0) is 4.74 Å². The van der Waals surface area contributed by atoms with Crippen molar-refractivity contribution in [2.24, 2.45) is 0 Å². The van der Waals surface area contributed by atoms with E-state index in [4.69, 9.17) is 20.1 Å². The molecule has 0 amide bonds. The van der Waals surface area contributed by atoms with Crippen LogP contribution >= 0.6 is 0 Å². The molecule has 1 rings (SSSR count). The normalized spacial score (nSPS) is 27.4. The first-order valence-corrected chi connectivity index (χ1v) is 2.59. The van der Waals surface area contributed by atoms with Crippen LogP contribution in [-0.4, -0.2) is 34.6 Å². The van der Waals surface area contributed by atoms with Gasteiger partial charge in [0.2, 0.25) is 0 Å². The molecule has 1 heterocycles. The highest BCUT2D eigenvalue weighted by Crippen LogP contribution is 2.15. The third-order valence-corrected chi connectivity index (χ3v) is 1.19. The van der Waals surface area contributed by atoms with Crippen molar-refractivity contribution in [1.29, 1.82) is 0 Å². The molecule has 0 aliphatic carbocycles. The molecule has 3 N–H and O–H groups in total. The Bertz CT molecular complexity index is 140. The lowest BCUT2D eigenvalue weighted by Crippen LogP contribution is -2.14. The second kappa shape index (κ2) is 2.24. The Labute approximate surface area is 52.0 Å². The van der Waals surface area contributed by atoms with Crippen molar-refractivity contribution in [2.75, 3.05) is 13.2 Å². The van der Waals surface area contributed by atoms with Crippen molar-refractivity contribution in [3.8, 4) is 0 Å². The van der Waals surface area contributed by atoms with Gasteiger partial charge in [-0.3, -0.25) is 0 Å². The first-order chi connectivity index (χ1) is 4.25. The van der Waals surface area contributed by atoms with Crippen LogP contribution in [0.5, 0.6) is 0 Å². The maximum atomic E-state index is 8.80. The van der Waals surface area contributed by atoms with Crippen LogP contribution in [0.1, 0.15) is 0 Å². The smallest absolute Gasteiger partial charge is 0.163 e. The Morgan fingerprint density at radius 1 is 1.56 bits per heavy atom. The minimum Gasteiger partial charge on any atom is -0.506 e. The van der Waals surface area contributed by atoms with Crippen LogP contribution < -0.4 is 0 Å². The van der Waals surface area contributed by atoms with Crippen molar-refractivity contribution < 1.29 is 20.1 Å². The minimum atomic E-state index is -0.718. The maximum Gasteiger partial charge on any atom is 0.163 e. The molecule has 0 saturated heterocycles. The van der Waals surface area contributed by atoms with Gasteiger partial charge in [-0.05, 0) is 0 Å². The fraction of sp³-hybridized carbons (Fsp3) is 0.600. The Kier molecular flexibility index (Phi) is 1.59. The quantitative estimate of drug-likeness (QED) is 0.458. The molecule has 0 aromatic heterocycles. The van der Waals surface area contributed by atoms with Crippen LogP contribution in [0.2, 0.25) is 0 Å². The lowest BCUT2D eigenvalue weighted by atomic mass is 10.3. The Morgan fingerprint density at radius 2 is 2.22 bits per heavy atom. The van der Waals surface area contributed by atoms with E-state index in [2.05, 4.69) is 0 Å². The largest absolute Gasteiger partial charge is 0.506 e. The molecule has 1 aliphatic heterocycles. The van der Waals surface area contributed by atoms with Gasteiger partial charge in [0, 0.05) is 0 Å². The van der Waals surface area contributed by atoms with Crippen LogP contribution in [0.3, 0.4) is 0 Å². The molecule has 0 unspecified atom stereocenters. The summed E-state index contributed by atoms with van der Waals surface area (Å²) in [6, 6.07) is 0. The van der Waals surface area contributed by atoms with E-state index in [-0.39, 0.29) is 24.7 Å². The Balaban J connectivity index is 2.63. The van der Waals surface area contributed by atoms with Gasteiger partial charge in [0.15, 0.2) is 11.5 Å². The van der Waals surface area contributed by atoms with E-state index in [0.717, 1.165) is 0 Å². The fourth-order valence-corrected chi connectivity index (χ4v) is 0.657. The van der Waals surface area contributed by atoms with E-state index >= 15 is 0 Å². The van der Waals surface area contributed by atoms with Gasteiger partial charge in [0.25, 0.3) is 0 Å². The van der Waals surface area contributed by atoms with Gasteiger partial charge in [0.1, 0.15) is 12.7 Å². The molecule has 0 spiro atoms. The molecule has 1 aliphatic rings. The molecule has 9 heavy (non-hydrogen) atoms. The van der Waals surface area contributed by atoms with E-state index in [1.807, 2.05) is 0 Å². The van der Waals surface area contributed by atoms with E-state index in [1.54, 1.807) is 0 Å². The standard InChI is InChI=1S/C5H8O4/c6-1-4-5(8)3(7)2-9-4/h4,6-8H,1-2H2/t4-/m1/s1. The van der Waals surface area contributed by atoms with Crippen LogP contribution in [0.25, 0.3) is 0 Å². The molecule has 0 aromatic rings. The molecular weight excluding hydrogens is 124 g/mol. The highest BCUT2D eigenvalue weighted by atomic mass is 16.5. The second-order valence-electron chi connectivity index (χ2n) is 1.81. The van der Waals surface area contributed by atoms with Crippen molar-refractivity contribution in [3.05, 3.63) is 11.5 Å². The number of hydrogen-bond acceptors (Lipinski definition) is 4. The SMILES string of the molecule is OC[C@H]1OCC(O)=C1O. The van der Waals surface area contributed by atoms with Gasteiger partial charge in [-0.15, -0.1) is 0 Å². The number of rotatable bonds is 1. The van der Waals surface area contributed by atoms with Gasteiger partial charge in [-0.1, -0.05) is 0 Å². The van der Waals surface area contributed by atoms with Crippen molar-refractivity contribution >= 4 is 0 Å². The predicted octanol–water partition coefficient (Wildman–Crippen LogP) is -0.295. The summed E-state index contributed by atoms with van der Waals surface area (Å²) in [5, 5.41) is 25.9.